The van der Waals surface area contributed by atoms with Crippen LogP contribution in [0.4, 0.5) is 17.1 Å². The predicted molar refractivity (Wildman–Crippen MR) is 279 cm³/mol. The molecule has 0 unspecified atom stereocenters. The van der Waals surface area contributed by atoms with E-state index in [1.807, 2.05) is 12.1 Å². The monoisotopic (exact) mass is 841 g/mol. The Morgan fingerprint density at radius 3 is 1.42 bits per heavy atom. The largest absolute Gasteiger partial charge is 0.456 e. The van der Waals surface area contributed by atoms with E-state index >= 15 is 0 Å². The zero-order valence-corrected chi connectivity index (χ0v) is 36.2. The van der Waals surface area contributed by atoms with Crippen molar-refractivity contribution in [3.8, 4) is 66.8 Å². The van der Waals surface area contributed by atoms with Gasteiger partial charge in [-0.1, -0.05) is 212 Å². The lowest BCUT2D eigenvalue weighted by Gasteiger charge is -2.30. The predicted octanol–water partition coefficient (Wildman–Crippen LogP) is 18.2. The van der Waals surface area contributed by atoms with Crippen LogP contribution in [0, 0.1) is 0 Å². The van der Waals surface area contributed by atoms with Crippen molar-refractivity contribution in [2.45, 2.75) is 0 Å². The average molecular weight is 842 g/mol. The molecule has 0 bridgehead atoms. The molecule has 0 aliphatic carbocycles. The highest BCUT2D eigenvalue weighted by molar-refractivity contribution is 6.06. The highest BCUT2D eigenvalue weighted by Crippen LogP contribution is 2.48. The molecule has 0 amide bonds. The Kier molecular flexibility index (Phi) is 9.89. The molecule has 12 rings (SSSR count). The summed E-state index contributed by atoms with van der Waals surface area (Å²) in [5.74, 6) is 0. The standard InChI is InChI=1S/C64H43NO/c1-3-15-47(16-4-1)56-22-9-10-24-60(56)64-57(49-17-5-2-6-18-49)26-14-27-61(64)65(53-40-35-46(36-41-53)51-37-42-59-58-23-11-12-28-62(58)66-63(59)43-51)52-38-33-45(34-39-52)44-29-31-50(32-30-44)55-25-13-20-48-19-7-8-21-54(48)55/h1-43H. The fourth-order valence-electron chi connectivity index (χ4n) is 9.70. The van der Waals surface area contributed by atoms with E-state index in [2.05, 4.69) is 254 Å². The Hall–Kier alpha value is -8.72. The highest BCUT2D eigenvalue weighted by atomic mass is 16.3. The zero-order valence-electron chi connectivity index (χ0n) is 36.2. The van der Waals surface area contributed by atoms with E-state index in [1.165, 1.54) is 49.7 Å². The SMILES string of the molecule is c1ccc(-c2ccccc2-c2c(-c3ccccc3)cccc2N(c2ccc(-c3ccc(-c4cccc5ccccc45)cc3)cc2)c2ccc(-c3ccc4c(c3)oc3ccccc34)cc2)cc1. The number of hydrogen-bond donors (Lipinski definition) is 0. The molecule has 0 N–H and O–H groups in total. The normalized spacial score (nSPS) is 11.3. The van der Waals surface area contributed by atoms with Crippen LogP contribution in [-0.4, -0.2) is 0 Å². The molecule has 0 fully saturated rings. The number of para-hydroxylation sites is 1. The fraction of sp³-hybridized carbons (Fsp3) is 0. The second-order valence-electron chi connectivity index (χ2n) is 16.8. The molecule has 2 nitrogen and oxygen atoms in total. The van der Waals surface area contributed by atoms with Crippen molar-refractivity contribution in [1.29, 1.82) is 0 Å². The van der Waals surface area contributed by atoms with Crippen molar-refractivity contribution in [3.63, 3.8) is 0 Å². The second-order valence-corrected chi connectivity index (χ2v) is 16.8. The first kappa shape index (κ1) is 38.9. The maximum Gasteiger partial charge on any atom is 0.136 e. The second kappa shape index (κ2) is 16.8. The molecule has 0 spiro atoms. The van der Waals surface area contributed by atoms with Crippen molar-refractivity contribution in [2.24, 2.45) is 0 Å². The molecule has 0 aliphatic rings. The van der Waals surface area contributed by atoms with E-state index in [4.69, 9.17) is 4.42 Å². The Morgan fingerprint density at radius 1 is 0.258 bits per heavy atom. The summed E-state index contributed by atoms with van der Waals surface area (Å²) in [5.41, 5.74) is 19.0. The van der Waals surface area contributed by atoms with Crippen LogP contribution in [0.15, 0.2) is 265 Å². The Labute approximate surface area is 384 Å². The van der Waals surface area contributed by atoms with Crippen LogP contribution in [0.2, 0.25) is 0 Å². The molecule has 0 aliphatic heterocycles. The van der Waals surface area contributed by atoms with E-state index < -0.39 is 0 Å². The van der Waals surface area contributed by atoms with Gasteiger partial charge in [0.25, 0.3) is 0 Å². The van der Waals surface area contributed by atoms with Crippen LogP contribution in [-0.2, 0) is 0 Å². The molecular formula is C64H43NO. The van der Waals surface area contributed by atoms with Gasteiger partial charge >= 0.3 is 0 Å². The van der Waals surface area contributed by atoms with Gasteiger partial charge in [0, 0.05) is 27.7 Å². The summed E-state index contributed by atoms with van der Waals surface area (Å²) in [5, 5.41) is 4.78. The zero-order chi connectivity index (χ0) is 43.8. The van der Waals surface area contributed by atoms with Gasteiger partial charge in [-0.15, -0.1) is 0 Å². The molecule has 0 saturated heterocycles. The molecule has 1 aromatic heterocycles. The van der Waals surface area contributed by atoms with Gasteiger partial charge in [-0.2, -0.15) is 0 Å². The summed E-state index contributed by atoms with van der Waals surface area (Å²) < 4.78 is 6.31. The first-order chi connectivity index (χ1) is 32.7. The molecule has 11 aromatic carbocycles. The smallest absolute Gasteiger partial charge is 0.136 e. The van der Waals surface area contributed by atoms with E-state index in [0.717, 1.165) is 66.8 Å². The molecule has 12 aromatic rings. The highest BCUT2D eigenvalue weighted by Gasteiger charge is 2.23. The minimum absolute atomic E-state index is 0.891. The number of fused-ring (bicyclic) bond motifs is 4. The molecule has 2 heteroatoms. The number of benzene rings is 11. The van der Waals surface area contributed by atoms with E-state index in [-0.39, 0.29) is 0 Å². The van der Waals surface area contributed by atoms with Crippen LogP contribution < -0.4 is 4.90 Å². The van der Waals surface area contributed by atoms with Gasteiger partial charge in [-0.3, -0.25) is 0 Å². The number of anilines is 3. The Balaban J connectivity index is 0.995. The third kappa shape index (κ3) is 7.12. The van der Waals surface area contributed by atoms with Crippen molar-refractivity contribution < 1.29 is 4.42 Å². The Morgan fingerprint density at radius 2 is 0.712 bits per heavy atom. The molecule has 0 atom stereocenters. The van der Waals surface area contributed by atoms with Crippen LogP contribution >= 0.6 is 0 Å². The summed E-state index contributed by atoms with van der Waals surface area (Å²) in [7, 11) is 0. The van der Waals surface area contributed by atoms with Crippen molar-refractivity contribution in [2.75, 3.05) is 4.90 Å². The van der Waals surface area contributed by atoms with E-state index in [1.54, 1.807) is 0 Å². The minimum Gasteiger partial charge on any atom is -0.456 e. The van der Waals surface area contributed by atoms with Crippen LogP contribution in [0.1, 0.15) is 0 Å². The van der Waals surface area contributed by atoms with Gasteiger partial charge in [0.05, 0.1) is 5.69 Å². The van der Waals surface area contributed by atoms with Crippen LogP contribution in [0.3, 0.4) is 0 Å². The number of rotatable bonds is 9. The van der Waals surface area contributed by atoms with Crippen molar-refractivity contribution >= 4 is 49.8 Å². The molecular weight excluding hydrogens is 799 g/mol. The average Bonchev–Trinajstić information content (AvgIpc) is 3.78. The molecule has 66 heavy (non-hydrogen) atoms. The lowest BCUT2D eigenvalue weighted by molar-refractivity contribution is 0.669. The minimum atomic E-state index is 0.891. The summed E-state index contributed by atoms with van der Waals surface area (Å²) in [4.78, 5) is 2.42. The van der Waals surface area contributed by atoms with Gasteiger partial charge in [-0.25, -0.2) is 0 Å². The third-order valence-electron chi connectivity index (χ3n) is 12.9. The molecule has 1 heterocycles. The van der Waals surface area contributed by atoms with Crippen molar-refractivity contribution in [3.05, 3.63) is 261 Å². The molecule has 310 valence electrons. The molecule has 0 saturated carbocycles. The number of hydrogen-bond acceptors (Lipinski definition) is 2. The number of nitrogens with zero attached hydrogens (tertiary/aromatic N) is 1. The summed E-state index contributed by atoms with van der Waals surface area (Å²) in [6, 6.07) is 94.0. The van der Waals surface area contributed by atoms with Gasteiger partial charge in [0.1, 0.15) is 11.2 Å². The summed E-state index contributed by atoms with van der Waals surface area (Å²) in [6.07, 6.45) is 0. The quantitative estimate of drug-likeness (QED) is 0.144. The maximum absolute atomic E-state index is 6.31. The maximum atomic E-state index is 6.31. The van der Waals surface area contributed by atoms with Gasteiger partial charge < -0.3 is 9.32 Å². The van der Waals surface area contributed by atoms with E-state index in [0.29, 0.717) is 0 Å². The first-order valence-electron chi connectivity index (χ1n) is 22.6. The van der Waals surface area contributed by atoms with Crippen LogP contribution in [0.25, 0.3) is 99.5 Å². The fourth-order valence-corrected chi connectivity index (χ4v) is 9.70. The van der Waals surface area contributed by atoms with Crippen LogP contribution in [0.5, 0.6) is 0 Å². The lowest BCUT2D eigenvalue weighted by atomic mass is 9.87. The van der Waals surface area contributed by atoms with Gasteiger partial charge in [0.15, 0.2) is 0 Å². The van der Waals surface area contributed by atoms with Gasteiger partial charge in [0.2, 0.25) is 0 Å². The van der Waals surface area contributed by atoms with E-state index in [9.17, 15) is 0 Å². The van der Waals surface area contributed by atoms with Gasteiger partial charge in [-0.05, 0) is 121 Å². The lowest BCUT2D eigenvalue weighted by Crippen LogP contribution is -2.12. The van der Waals surface area contributed by atoms with Crippen molar-refractivity contribution in [1.82, 2.24) is 0 Å². The third-order valence-corrected chi connectivity index (χ3v) is 12.9. The Bertz CT molecular complexity index is 3660. The summed E-state index contributed by atoms with van der Waals surface area (Å²) in [6.45, 7) is 0. The number of furan rings is 1. The summed E-state index contributed by atoms with van der Waals surface area (Å²) >= 11 is 0. The topological polar surface area (TPSA) is 16.4 Å². The molecule has 0 radical (unpaired) electrons. The first-order valence-corrected chi connectivity index (χ1v) is 22.6.